The summed E-state index contributed by atoms with van der Waals surface area (Å²) in [6.45, 7) is 0.374. The molecule has 7 heteroatoms. The lowest BCUT2D eigenvalue weighted by Gasteiger charge is -2.10. The van der Waals surface area contributed by atoms with Crippen molar-refractivity contribution in [2.45, 2.75) is 25.3 Å². The quantitative estimate of drug-likeness (QED) is 0.738. The van der Waals surface area contributed by atoms with Crippen molar-refractivity contribution in [2.24, 2.45) is 0 Å². The van der Waals surface area contributed by atoms with Crippen LogP contribution in [0.3, 0.4) is 0 Å². The molecule has 0 bridgehead atoms. The summed E-state index contributed by atoms with van der Waals surface area (Å²) in [5.41, 5.74) is 3.11. The molecule has 1 N–H and O–H groups in total. The second-order valence-electron chi connectivity index (χ2n) is 6.31. The molecule has 0 unspecified atom stereocenters. The molecule has 4 rings (SSSR count). The number of aromatic nitrogens is 3. The molecule has 1 amide bonds. The molecule has 1 aromatic carbocycles. The zero-order valence-corrected chi connectivity index (χ0v) is 14.7. The van der Waals surface area contributed by atoms with E-state index in [4.69, 9.17) is 9.47 Å². The molecule has 0 saturated heterocycles. The molecule has 3 aromatic rings. The summed E-state index contributed by atoms with van der Waals surface area (Å²) < 4.78 is 12.3. The van der Waals surface area contributed by atoms with Gasteiger partial charge in [0.25, 0.3) is 5.91 Å². The largest absolute Gasteiger partial charge is 0.493 e. The number of benzene rings is 1. The second-order valence-corrected chi connectivity index (χ2v) is 6.31. The first-order valence-electron chi connectivity index (χ1n) is 8.53. The van der Waals surface area contributed by atoms with Gasteiger partial charge in [0.05, 0.1) is 20.4 Å². The first-order valence-corrected chi connectivity index (χ1v) is 8.53. The van der Waals surface area contributed by atoms with E-state index in [0.717, 1.165) is 11.3 Å². The maximum atomic E-state index is 12.6. The van der Waals surface area contributed by atoms with Crippen LogP contribution >= 0.6 is 0 Å². The van der Waals surface area contributed by atoms with Gasteiger partial charge in [0.1, 0.15) is 5.56 Å². The summed E-state index contributed by atoms with van der Waals surface area (Å²) in [6.07, 6.45) is 5.66. The highest BCUT2D eigenvalue weighted by Gasteiger charge is 2.27. The van der Waals surface area contributed by atoms with Gasteiger partial charge in [-0.15, -0.1) is 0 Å². The number of nitrogens with zero attached hydrogens (tertiary/aromatic N) is 3. The molecule has 1 aliphatic rings. The van der Waals surface area contributed by atoms with Gasteiger partial charge < -0.3 is 14.8 Å². The Morgan fingerprint density at radius 2 is 2.04 bits per heavy atom. The van der Waals surface area contributed by atoms with Crippen LogP contribution in [0.1, 0.15) is 40.4 Å². The molecule has 0 radical (unpaired) electrons. The number of nitrogens with one attached hydrogen (secondary N) is 1. The number of carbonyl (C=O) groups is 1. The average Bonchev–Trinajstić information content (AvgIpc) is 3.43. The number of hydrogen-bond donors (Lipinski definition) is 1. The summed E-state index contributed by atoms with van der Waals surface area (Å²) >= 11 is 0. The lowest BCUT2D eigenvalue weighted by molar-refractivity contribution is 0.0952. The molecular formula is C19H20N4O3. The third kappa shape index (κ3) is 2.96. The topological polar surface area (TPSA) is 77.8 Å². The number of methoxy groups -OCH3 is 2. The molecule has 7 nitrogen and oxygen atoms in total. The lowest BCUT2D eigenvalue weighted by Crippen LogP contribution is -2.22. The van der Waals surface area contributed by atoms with Crippen LogP contribution in [-0.4, -0.2) is 34.7 Å². The van der Waals surface area contributed by atoms with Crippen LogP contribution in [0.25, 0.3) is 5.65 Å². The Kier molecular flexibility index (Phi) is 4.20. The van der Waals surface area contributed by atoms with E-state index in [-0.39, 0.29) is 5.91 Å². The second kappa shape index (κ2) is 6.67. The zero-order chi connectivity index (χ0) is 18.1. The monoisotopic (exact) mass is 352 g/mol. The fraction of sp³-hybridized carbons (Fsp3) is 0.316. The lowest BCUT2D eigenvalue weighted by atomic mass is 10.2. The van der Waals surface area contributed by atoms with E-state index in [9.17, 15) is 4.79 Å². The smallest absolute Gasteiger partial charge is 0.257 e. The molecule has 1 aliphatic carbocycles. The van der Waals surface area contributed by atoms with Gasteiger partial charge in [-0.05, 0) is 36.6 Å². The van der Waals surface area contributed by atoms with Crippen LogP contribution in [0, 0.1) is 0 Å². The summed E-state index contributed by atoms with van der Waals surface area (Å²) in [5.74, 6) is 1.62. The minimum Gasteiger partial charge on any atom is -0.493 e. The minimum atomic E-state index is -0.199. The van der Waals surface area contributed by atoms with Crippen LogP contribution in [0.5, 0.6) is 11.5 Å². The molecule has 0 atom stereocenters. The molecule has 26 heavy (non-hydrogen) atoms. The molecule has 134 valence electrons. The van der Waals surface area contributed by atoms with Gasteiger partial charge in [0.2, 0.25) is 0 Å². The van der Waals surface area contributed by atoms with Crippen molar-refractivity contribution in [1.29, 1.82) is 0 Å². The molecular weight excluding hydrogens is 332 g/mol. The predicted molar refractivity (Wildman–Crippen MR) is 95.7 cm³/mol. The van der Waals surface area contributed by atoms with Crippen molar-refractivity contribution in [1.82, 2.24) is 19.9 Å². The number of rotatable bonds is 6. The summed E-state index contributed by atoms with van der Waals surface area (Å²) in [7, 11) is 3.18. The van der Waals surface area contributed by atoms with Crippen molar-refractivity contribution in [3.63, 3.8) is 0 Å². The predicted octanol–water partition coefficient (Wildman–Crippen LogP) is 2.55. The zero-order valence-electron chi connectivity index (χ0n) is 14.7. The SMILES string of the molecule is COc1ccc(CNC(=O)c2cnn3c(C4CC4)ccnc23)cc1OC. The highest BCUT2D eigenvalue weighted by atomic mass is 16.5. The minimum absolute atomic E-state index is 0.199. The van der Waals surface area contributed by atoms with Gasteiger partial charge in [-0.25, -0.2) is 9.50 Å². The van der Waals surface area contributed by atoms with Crippen molar-refractivity contribution in [3.8, 4) is 11.5 Å². The van der Waals surface area contributed by atoms with E-state index >= 15 is 0 Å². The highest BCUT2D eigenvalue weighted by Crippen LogP contribution is 2.39. The Bertz CT molecular complexity index is 963. The first kappa shape index (κ1) is 16.4. The third-order valence-corrected chi connectivity index (χ3v) is 4.57. The molecule has 2 heterocycles. The van der Waals surface area contributed by atoms with Gasteiger partial charge >= 0.3 is 0 Å². The van der Waals surface area contributed by atoms with Gasteiger partial charge in [0.15, 0.2) is 17.1 Å². The Hall–Kier alpha value is -3.09. The molecule has 1 saturated carbocycles. The normalized spacial score (nSPS) is 13.6. The summed E-state index contributed by atoms with van der Waals surface area (Å²) in [5, 5.41) is 7.28. The Balaban J connectivity index is 1.52. The van der Waals surface area contributed by atoms with Crippen LogP contribution in [-0.2, 0) is 6.54 Å². The first-order chi connectivity index (χ1) is 12.7. The Labute approximate surface area is 151 Å². The van der Waals surface area contributed by atoms with E-state index < -0.39 is 0 Å². The summed E-state index contributed by atoms with van der Waals surface area (Å²) in [6, 6.07) is 7.53. The van der Waals surface area contributed by atoms with Crippen molar-refractivity contribution < 1.29 is 14.3 Å². The van der Waals surface area contributed by atoms with Crippen molar-refractivity contribution >= 4 is 11.6 Å². The third-order valence-electron chi connectivity index (χ3n) is 4.57. The fourth-order valence-electron chi connectivity index (χ4n) is 3.03. The maximum absolute atomic E-state index is 12.6. The van der Waals surface area contributed by atoms with E-state index in [0.29, 0.717) is 35.2 Å². The maximum Gasteiger partial charge on any atom is 0.257 e. The van der Waals surface area contributed by atoms with E-state index in [2.05, 4.69) is 15.4 Å². The van der Waals surface area contributed by atoms with Crippen LogP contribution in [0.2, 0.25) is 0 Å². The number of hydrogen-bond acceptors (Lipinski definition) is 5. The standard InChI is InChI=1S/C19H20N4O3/c1-25-16-6-3-12(9-17(16)26-2)10-21-19(24)14-11-22-23-15(13-4-5-13)7-8-20-18(14)23/h3,6-9,11,13H,4-5,10H2,1-2H3,(H,21,24). The Morgan fingerprint density at radius 3 is 2.77 bits per heavy atom. The molecule has 0 aliphatic heterocycles. The molecule has 2 aromatic heterocycles. The van der Waals surface area contributed by atoms with E-state index in [1.807, 2.05) is 24.3 Å². The Morgan fingerprint density at radius 1 is 1.23 bits per heavy atom. The van der Waals surface area contributed by atoms with Gasteiger partial charge in [-0.3, -0.25) is 4.79 Å². The fourth-order valence-corrected chi connectivity index (χ4v) is 3.03. The van der Waals surface area contributed by atoms with Crippen LogP contribution < -0.4 is 14.8 Å². The van der Waals surface area contributed by atoms with Gasteiger partial charge in [0, 0.05) is 24.4 Å². The number of fused-ring (bicyclic) bond motifs is 1. The van der Waals surface area contributed by atoms with Crippen LogP contribution in [0.4, 0.5) is 0 Å². The average molecular weight is 352 g/mol. The van der Waals surface area contributed by atoms with E-state index in [1.54, 1.807) is 31.1 Å². The highest BCUT2D eigenvalue weighted by molar-refractivity contribution is 5.99. The number of carbonyl (C=O) groups excluding carboxylic acids is 1. The molecule has 0 spiro atoms. The number of ether oxygens (including phenoxy) is 2. The van der Waals surface area contributed by atoms with Crippen molar-refractivity contribution in [2.75, 3.05) is 14.2 Å². The van der Waals surface area contributed by atoms with E-state index in [1.165, 1.54) is 12.8 Å². The van der Waals surface area contributed by atoms with Gasteiger partial charge in [-0.2, -0.15) is 5.10 Å². The van der Waals surface area contributed by atoms with Crippen LogP contribution in [0.15, 0.2) is 36.7 Å². The van der Waals surface area contributed by atoms with Crippen molar-refractivity contribution in [3.05, 3.63) is 53.5 Å². The molecule has 1 fully saturated rings. The number of amides is 1. The van der Waals surface area contributed by atoms with Gasteiger partial charge in [-0.1, -0.05) is 6.07 Å². The summed E-state index contributed by atoms with van der Waals surface area (Å²) in [4.78, 5) is 16.9.